The summed E-state index contributed by atoms with van der Waals surface area (Å²) in [7, 11) is -4.40. The average Bonchev–Trinajstić information content (AvgIpc) is 2.82. The Morgan fingerprint density at radius 2 is 1.78 bits per heavy atom. The zero-order chi connectivity index (χ0) is 26.9. The van der Waals surface area contributed by atoms with Crippen LogP contribution in [0.4, 0.5) is 18.0 Å². The zero-order valence-electron chi connectivity index (χ0n) is 18.2. The molecule has 0 aliphatic heterocycles. The maximum atomic E-state index is 12.4. The second-order valence-electron chi connectivity index (χ2n) is 6.63. The van der Waals surface area contributed by atoms with Gasteiger partial charge in [0, 0.05) is 18.8 Å². The molecule has 1 aromatic carbocycles. The van der Waals surface area contributed by atoms with E-state index in [1.807, 2.05) is 0 Å². The molecule has 1 aromatic heterocycles. The number of pyridine rings is 1. The number of nitrogens with two attached hydrogens (primary N) is 1. The van der Waals surface area contributed by atoms with Crippen LogP contribution in [-0.4, -0.2) is 73.9 Å². The Bertz CT molecular complexity index is 1180. The van der Waals surface area contributed by atoms with Crippen molar-refractivity contribution in [1.29, 1.82) is 0 Å². The first-order chi connectivity index (χ1) is 16.9. The van der Waals surface area contributed by atoms with Crippen LogP contribution in [0.1, 0.15) is 10.4 Å². The lowest BCUT2D eigenvalue weighted by atomic mass is 10.3. The van der Waals surface area contributed by atoms with Crippen LogP contribution in [0.5, 0.6) is 11.6 Å². The van der Waals surface area contributed by atoms with Crippen molar-refractivity contribution in [3.05, 3.63) is 48.2 Å². The van der Waals surface area contributed by atoms with Crippen LogP contribution < -0.4 is 25.4 Å². The predicted molar refractivity (Wildman–Crippen MR) is 114 cm³/mol. The predicted octanol–water partition coefficient (Wildman–Crippen LogP) is -0.0756. The van der Waals surface area contributed by atoms with Gasteiger partial charge in [-0.3, -0.25) is 9.59 Å². The first-order valence-electron chi connectivity index (χ1n) is 9.78. The second-order valence-corrected chi connectivity index (χ2v) is 8.31. The van der Waals surface area contributed by atoms with Crippen molar-refractivity contribution >= 4 is 27.9 Å². The number of benzene rings is 1. The summed E-state index contributed by atoms with van der Waals surface area (Å²) in [4.78, 5) is 39.4. The number of hydrogen-bond acceptors (Lipinski definition) is 11. The molecule has 2 aromatic rings. The molecule has 0 bridgehead atoms. The van der Waals surface area contributed by atoms with Gasteiger partial charge in [-0.2, -0.15) is 18.2 Å². The molecular weight excluding hydrogens is 515 g/mol. The molecule has 0 saturated heterocycles. The lowest BCUT2D eigenvalue weighted by Crippen LogP contribution is -2.51. The number of halogens is 3. The highest BCUT2D eigenvalue weighted by Crippen LogP contribution is 2.20. The number of carbonyl (C=O) groups is 3. The number of ether oxygens (including phenoxy) is 2. The lowest BCUT2D eigenvalue weighted by molar-refractivity contribution is -0.153. The number of aromatic nitrogens is 1. The highest BCUT2D eigenvalue weighted by molar-refractivity contribution is 7.90. The Hall–Kier alpha value is -3.80. The van der Waals surface area contributed by atoms with Gasteiger partial charge in [0.15, 0.2) is 6.61 Å². The van der Waals surface area contributed by atoms with E-state index in [0.29, 0.717) is 5.01 Å². The number of hydrogen-bond donors (Lipinski definition) is 4. The van der Waals surface area contributed by atoms with E-state index >= 15 is 0 Å². The van der Waals surface area contributed by atoms with Crippen molar-refractivity contribution < 1.29 is 50.6 Å². The summed E-state index contributed by atoms with van der Waals surface area (Å²) in [6.45, 7) is -2.67. The lowest BCUT2D eigenvalue weighted by Gasteiger charge is -2.19. The molecule has 17 heteroatoms. The Kier molecular flexibility index (Phi) is 9.68. The standard InChI is InChI=1S/C19H20F3N5O8S/c20-19(21,22)11-34-13-2-4-14(5-3-13)36(32,33)26-17(30)12-1-6-15(24-10-12)35-18(31)27(16(29)9-23)25-7-8-28/h1-6,10,25,28H,7-9,11,23H2,(H,26,30). The molecule has 0 radical (unpaired) electrons. The van der Waals surface area contributed by atoms with Crippen molar-refractivity contribution in [3.63, 3.8) is 0 Å². The third-order valence-electron chi connectivity index (χ3n) is 3.94. The molecule has 0 atom stereocenters. The average molecular weight is 535 g/mol. The molecule has 13 nitrogen and oxygen atoms in total. The van der Waals surface area contributed by atoms with Crippen molar-refractivity contribution in [2.24, 2.45) is 5.73 Å². The van der Waals surface area contributed by atoms with Crippen LogP contribution >= 0.6 is 0 Å². The van der Waals surface area contributed by atoms with E-state index in [1.165, 1.54) is 0 Å². The fourth-order valence-corrected chi connectivity index (χ4v) is 3.31. The normalized spacial score (nSPS) is 11.5. The van der Waals surface area contributed by atoms with Gasteiger partial charge in [-0.15, -0.1) is 0 Å². The molecule has 36 heavy (non-hydrogen) atoms. The number of nitrogens with one attached hydrogen (secondary N) is 2. The van der Waals surface area contributed by atoms with Gasteiger partial charge < -0.3 is 20.3 Å². The van der Waals surface area contributed by atoms with E-state index < -0.39 is 58.8 Å². The molecule has 2 rings (SSSR count). The summed E-state index contributed by atoms with van der Waals surface area (Å²) in [6, 6.07) is 5.99. The number of nitrogens with zero attached hydrogens (tertiary/aromatic N) is 2. The van der Waals surface area contributed by atoms with Gasteiger partial charge in [-0.1, -0.05) is 0 Å². The van der Waals surface area contributed by atoms with Gasteiger partial charge >= 0.3 is 12.3 Å². The molecule has 0 aliphatic carbocycles. The molecule has 1 heterocycles. The van der Waals surface area contributed by atoms with Crippen LogP contribution in [0.2, 0.25) is 0 Å². The van der Waals surface area contributed by atoms with Gasteiger partial charge in [-0.25, -0.2) is 28.3 Å². The maximum absolute atomic E-state index is 12.4. The summed E-state index contributed by atoms with van der Waals surface area (Å²) in [6.07, 6.45) is -4.91. The molecule has 5 N–H and O–H groups in total. The van der Waals surface area contributed by atoms with E-state index in [-0.39, 0.29) is 23.7 Å². The van der Waals surface area contributed by atoms with Crippen molar-refractivity contribution in [2.75, 3.05) is 26.3 Å². The van der Waals surface area contributed by atoms with Gasteiger partial charge in [0.2, 0.25) is 5.88 Å². The number of amides is 3. The Balaban J connectivity index is 2.03. The molecule has 0 fully saturated rings. The highest BCUT2D eigenvalue weighted by Gasteiger charge is 2.28. The number of imide groups is 1. The highest BCUT2D eigenvalue weighted by atomic mass is 32.2. The van der Waals surface area contributed by atoms with E-state index in [1.54, 1.807) is 4.72 Å². The van der Waals surface area contributed by atoms with Crippen LogP contribution in [0.25, 0.3) is 0 Å². The molecule has 196 valence electrons. The number of aliphatic hydroxyl groups excluding tert-OH is 1. The molecule has 0 unspecified atom stereocenters. The van der Waals surface area contributed by atoms with Gasteiger partial charge in [0.05, 0.1) is 23.6 Å². The third kappa shape index (κ3) is 8.45. The van der Waals surface area contributed by atoms with Crippen molar-refractivity contribution in [1.82, 2.24) is 20.1 Å². The summed E-state index contributed by atoms with van der Waals surface area (Å²) in [5.74, 6) is -2.56. The van der Waals surface area contributed by atoms with Crippen LogP contribution in [0, 0.1) is 0 Å². The first kappa shape index (κ1) is 28.4. The minimum absolute atomic E-state index is 0.162. The molecule has 0 saturated carbocycles. The van der Waals surface area contributed by atoms with E-state index in [0.717, 1.165) is 42.6 Å². The van der Waals surface area contributed by atoms with E-state index in [2.05, 4.69) is 15.1 Å². The van der Waals surface area contributed by atoms with Crippen molar-refractivity contribution in [2.45, 2.75) is 11.1 Å². The Labute approximate surface area is 202 Å². The second kappa shape index (κ2) is 12.2. The van der Waals surface area contributed by atoms with E-state index in [4.69, 9.17) is 15.6 Å². The summed E-state index contributed by atoms with van der Waals surface area (Å²) in [5.41, 5.74) is 7.24. The monoisotopic (exact) mass is 535 g/mol. The molecular formula is C19H20F3N5O8S. The van der Waals surface area contributed by atoms with Crippen LogP contribution in [-0.2, 0) is 14.8 Å². The quantitative estimate of drug-likeness (QED) is 0.298. The third-order valence-corrected chi connectivity index (χ3v) is 5.29. The SMILES string of the molecule is NCC(=O)N(NCCO)C(=O)Oc1ccc(C(=O)NS(=O)(=O)c2ccc(OCC(F)(F)F)cc2)cn1. The number of alkyl halides is 3. The minimum atomic E-state index is -4.57. The topological polar surface area (TPSA) is 190 Å². The number of aliphatic hydroxyl groups is 1. The fraction of sp³-hybridized carbons (Fsp3) is 0.263. The van der Waals surface area contributed by atoms with Gasteiger partial charge in [-0.05, 0) is 30.3 Å². The van der Waals surface area contributed by atoms with Gasteiger partial charge in [0.1, 0.15) is 5.75 Å². The van der Waals surface area contributed by atoms with Gasteiger partial charge in [0.25, 0.3) is 21.8 Å². The van der Waals surface area contributed by atoms with Crippen LogP contribution in [0.3, 0.4) is 0 Å². The maximum Gasteiger partial charge on any atom is 0.438 e. The molecule has 3 amide bonds. The number of sulfonamides is 1. The number of rotatable bonds is 10. The molecule has 0 spiro atoms. The first-order valence-corrected chi connectivity index (χ1v) is 11.3. The Morgan fingerprint density at radius 3 is 2.31 bits per heavy atom. The summed E-state index contributed by atoms with van der Waals surface area (Å²) in [5, 5.41) is 9.24. The smallest absolute Gasteiger partial charge is 0.438 e. The fourth-order valence-electron chi connectivity index (χ4n) is 2.34. The summed E-state index contributed by atoms with van der Waals surface area (Å²) >= 11 is 0. The van der Waals surface area contributed by atoms with Crippen molar-refractivity contribution in [3.8, 4) is 11.6 Å². The summed E-state index contributed by atoms with van der Waals surface area (Å²) < 4.78 is 72.5. The zero-order valence-corrected chi connectivity index (χ0v) is 19.0. The van der Waals surface area contributed by atoms with E-state index in [9.17, 15) is 36.0 Å². The minimum Gasteiger partial charge on any atom is -0.484 e. The number of hydrazine groups is 1. The molecule has 0 aliphatic rings. The van der Waals surface area contributed by atoms with Crippen LogP contribution in [0.15, 0.2) is 47.5 Å². The largest absolute Gasteiger partial charge is 0.484 e. The Morgan fingerprint density at radius 1 is 1.11 bits per heavy atom. The number of carbonyl (C=O) groups excluding carboxylic acids is 3.